The highest BCUT2D eigenvalue weighted by Gasteiger charge is 2.05. The Bertz CT molecular complexity index is 449. The Morgan fingerprint density at radius 2 is 2.33 bits per heavy atom. The van der Waals surface area contributed by atoms with Gasteiger partial charge in [0.2, 0.25) is 0 Å². The molecule has 4 N–H and O–H groups in total. The monoisotopic (exact) mass is 269 g/mol. The number of rotatable bonds is 6. The van der Waals surface area contributed by atoms with Gasteiger partial charge in [-0.15, -0.1) is 0 Å². The molecule has 0 radical (unpaired) electrons. The van der Waals surface area contributed by atoms with Crippen LogP contribution in [0.25, 0.3) is 0 Å². The van der Waals surface area contributed by atoms with E-state index in [1.165, 1.54) is 0 Å². The number of nitrogens with one attached hydrogen (secondary N) is 1. The minimum Gasteiger partial charge on any atom is -0.409 e. The van der Waals surface area contributed by atoms with Crippen LogP contribution in [0, 0.1) is 0 Å². The average Bonchev–Trinajstić information content (AvgIpc) is 2.35. The number of benzene rings is 1. The van der Waals surface area contributed by atoms with Crippen LogP contribution in [0.3, 0.4) is 0 Å². The van der Waals surface area contributed by atoms with Crippen molar-refractivity contribution in [2.24, 2.45) is 10.9 Å². The van der Waals surface area contributed by atoms with Gasteiger partial charge in [0, 0.05) is 41.0 Å². The van der Waals surface area contributed by atoms with Crippen molar-refractivity contribution >= 4 is 16.6 Å². The van der Waals surface area contributed by atoms with E-state index in [1.807, 2.05) is 25.1 Å². The van der Waals surface area contributed by atoms with Crippen LogP contribution < -0.4 is 11.1 Å². The molecule has 2 atom stereocenters. The van der Waals surface area contributed by atoms with Crippen molar-refractivity contribution in [2.45, 2.75) is 19.5 Å². The van der Waals surface area contributed by atoms with Crippen LogP contribution in [-0.4, -0.2) is 33.3 Å². The van der Waals surface area contributed by atoms with Crippen LogP contribution in [0.1, 0.15) is 18.1 Å². The lowest BCUT2D eigenvalue weighted by molar-refractivity contribution is 0.318. The summed E-state index contributed by atoms with van der Waals surface area (Å²) in [6.45, 7) is 2.65. The molecule has 0 aliphatic heterocycles. The Labute approximate surface area is 110 Å². The molecule has 0 bridgehead atoms. The Morgan fingerprint density at radius 1 is 1.61 bits per heavy atom. The standard InChI is InChI=1S/C12H19N3O2S/c1-9(8-18(2)17)14-7-10-4-3-5-11(6-10)12(13)15-16/h3-6,9,14,16H,7-8H2,1-2H3,(H2,13,15). The fourth-order valence-electron chi connectivity index (χ4n) is 1.60. The summed E-state index contributed by atoms with van der Waals surface area (Å²) in [5, 5.41) is 14.9. The number of oxime groups is 1. The topological polar surface area (TPSA) is 87.7 Å². The lowest BCUT2D eigenvalue weighted by atomic mass is 10.1. The van der Waals surface area contributed by atoms with Gasteiger partial charge in [0.15, 0.2) is 5.84 Å². The van der Waals surface area contributed by atoms with Gasteiger partial charge >= 0.3 is 0 Å². The number of hydrogen-bond donors (Lipinski definition) is 3. The van der Waals surface area contributed by atoms with Crippen molar-refractivity contribution in [3.8, 4) is 0 Å². The molecule has 0 fully saturated rings. The first-order chi connectivity index (χ1) is 8.52. The Balaban J connectivity index is 2.60. The van der Waals surface area contributed by atoms with Crippen LogP contribution in [0.2, 0.25) is 0 Å². The molecule has 1 aromatic rings. The minimum atomic E-state index is -0.801. The van der Waals surface area contributed by atoms with E-state index in [2.05, 4.69) is 10.5 Å². The second-order valence-corrected chi connectivity index (χ2v) is 5.69. The molecule has 0 saturated carbocycles. The van der Waals surface area contributed by atoms with Gasteiger partial charge in [0.1, 0.15) is 0 Å². The van der Waals surface area contributed by atoms with Gasteiger partial charge in [-0.25, -0.2) is 0 Å². The molecule has 18 heavy (non-hydrogen) atoms. The Morgan fingerprint density at radius 3 is 2.94 bits per heavy atom. The highest BCUT2D eigenvalue weighted by Crippen LogP contribution is 2.05. The van der Waals surface area contributed by atoms with E-state index in [0.29, 0.717) is 17.9 Å². The van der Waals surface area contributed by atoms with E-state index >= 15 is 0 Å². The van der Waals surface area contributed by atoms with Crippen molar-refractivity contribution in [2.75, 3.05) is 12.0 Å². The predicted molar refractivity (Wildman–Crippen MR) is 74.2 cm³/mol. The van der Waals surface area contributed by atoms with E-state index in [9.17, 15) is 4.21 Å². The van der Waals surface area contributed by atoms with Gasteiger partial charge in [-0.2, -0.15) is 0 Å². The van der Waals surface area contributed by atoms with Crippen LogP contribution >= 0.6 is 0 Å². The van der Waals surface area contributed by atoms with E-state index in [0.717, 1.165) is 5.56 Å². The molecule has 0 aliphatic rings. The van der Waals surface area contributed by atoms with Gasteiger partial charge < -0.3 is 16.3 Å². The number of hydrogen-bond acceptors (Lipinski definition) is 4. The van der Waals surface area contributed by atoms with Gasteiger partial charge in [-0.3, -0.25) is 4.21 Å². The molecule has 0 spiro atoms. The van der Waals surface area contributed by atoms with Crippen molar-refractivity contribution in [1.82, 2.24) is 5.32 Å². The smallest absolute Gasteiger partial charge is 0.170 e. The molecule has 0 aromatic heterocycles. The van der Waals surface area contributed by atoms with Gasteiger partial charge in [-0.1, -0.05) is 23.4 Å². The molecule has 0 saturated heterocycles. The predicted octanol–water partition coefficient (Wildman–Crippen LogP) is 0.638. The second-order valence-electron chi connectivity index (χ2n) is 4.21. The summed E-state index contributed by atoms with van der Waals surface area (Å²) < 4.78 is 11.1. The SMILES string of the molecule is CC(CS(C)=O)NCc1cccc(/C(N)=N/O)c1. The lowest BCUT2D eigenvalue weighted by Gasteiger charge is -2.12. The Hall–Kier alpha value is -1.40. The molecule has 100 valence electrons. The number of nitrogens with two attached hydrogens (primary N) is 1. The summed E-state index contributed by atoms with van der Waals surface area (Å²) in [4.78, 5) is 0. The molecule has 0 aliphatic carbocycles. The summed E-state index contributed by atoms with van der Waals surface area (Å²) >= 11 is 0. The number of amidine groups is 1. The summed E-state index contributed by atoms with van der Waals surface area (Å²) in [7, 11) is -0.801. The van der Waals surface area contributed by atoms with Crippen LogP contribution in [0.4, 0.5) is 0 Å². The van der Waals surface area contributed by atoms with Crippen molar-refractivity contribution in [1.29, 1.82) is 0 Å². The lowest BCUT2D eigenvalue weighted by Crippen LogP contribution is -2.30. The maximum absolute atomic E-state index is 11.1. The summed E-state index contributed by atoms with van der Waals surface area (Å²) in [6, 6.07) is 7.63. The van der Waals surface area contributed by atoms with Crippen LogP contribution in [0.15, 0.2) is 29.4 Å². The van der Waals surface area contributed by atoms with Crippen molar-refractivity contribution in [3.63, 3.8) is 0 Å². The molecule has 0 heterocycles. The fraction of sp³-hybridized carbons (Fsp3) is 0.417. The first-order valence-corrected chi connectivity index (χ1v) is 7.36. The quantitative estimate of drug-likeness (QED) is 0.306. The first kappa shape index (κ1) is 14.7. The van der Waals surface area contributed by atoms with E-state index in [4.69, 9.17) is 10.9 Å². The molecule has 0 amide bonds. The second kappa shape index (κ2) is 7.13. The zero-order valence-corrected chi connectivity index (χ0v) is 11.4. The van der Waals surface area contributed by atoms with E-state index < -0.39 is 10.8 Å². The molecule has 2 unspecified atom stereocenters. The molecular weight excluding hydrogens is 250 g/mol. The molecule has 1 rings (SSSR count). The zero-order valence-electron chi connectivity index (χ0n) is 10.6. The largest absolute Gasteiger partial charge is 0.409 e. The Kier molecular flexibility index (Phi) is 5.80. The highest BCUT2D eigenvalue weighted by atomic mass is 32.2. The maximum atomic E-state index is 11.1. The summed E-state index contributed by atoms with van der Waals surface area (Å²) in [5.74, 6) is 0.722. The van der Waals surface area contributed by atoms with Gasteiger partial charge in [0.05, 0.1) is 0 Å². The minimum absolute atomic E-state index is 0.0968. The number of nitrogens with zero attached hydrogens (tertiary/aromatic N) is 1. The van der Waals surface area contributed by atoms with Crippen molar-refractivity contribution < 1.29 is 9.42 Å². The summed E-state index contributed by atoms with van der Waals surface area (Å²) in [5.41, 5.74) is 7.24. The van der Waals surface area contributed by atoms with E-state index in [1.54, 1.807) is 12.3 Å². The molecule has 1 aromatic carbocycles. The summed E-state index contributed by atoms with van der Waals surface area (Å²) in [6.07, 6.45) is 1.69. The van der Waals surface area contributed by atoms with Gasteiger partial charge in [0.25, 0.3) is 0 Å². The van der Waals surface area contributed by atoms with Crippen LogP contribution in [0.5, 0.6) is 0 Å². The molecule has 5 nitrogen and oxygen atoms in total. The average molecular weight is 269 g/mol. The normalized spacial score (nSPS) is 15.3. The molecular formula is C12H19N3O2S. The van der Waals surface area contributed by atoms with E-state index in [-0.39, 0.29) is 11.9 Å². The third-order valence-corrected chi connectivity index (χ3v) is 3.44. The third-order valence-electron chi connectivity index (χ3n) is 2.47. The third kappa shape index (κ3) is 4.85. The fourth-order valence-corrected chi connectivity index (χ4v) is 2.42. The maximum Gasteiger partial charge on any atom is 0.170 e. The van der Waals surface area contributed by atoms with Crippen LogP contribution in [-0.2, 0) is 17.3 Å². The van der Waals surface area contributed by atoms with Crippen molar-refractivity contribution in [3.05, 3.63) is 35.4 Å². The zero-order chi connectivity index (χ0) is 13.5. The van der Waals surface area contributed by atoms with Gasteiger partial charge in [-0.05, 0) is 18.6 Å². The first-order valence-electron chi connectivity index (χ1n) is 5.63. The highest BCUT2D eigenvalue weighted by molar-refractivity contribution is 7.84. The molecule has 6 heteroatoms.